The zero-order valence-corrected chi connectivity index (χ0v) is 14.6. The van der Waals surface area contributed by atoms with E-state index in [1.165, 1.54) is 12.8 Å². The second kappa shape index (κ2) is 7.21. The summed E-state index contributed by atoms with van der Waals surface area (Å²) in [6, 6.07) is 10.1. The highest BCUT2D eigenvalue weighted by Gasteiger charge is 2.39. The molecule has 3 unspecified atom stereocenters. The van der Waals surface area contributed by atoms with E-state index in [1.54, 1.807) is 0 Å². The van der Waals surface area contributed by atoms with E-state index in [1.807, 2.05) is 18.2 Å². The van der Waals surface area contributed by atoms with E-state index in [0.717, 1.165) is 30.9 Å². The van der Waals surface area contributed by atoms with Gasteiger partial charge in [-0.05, 0) is 44.5 Å². The van der Waals surface area contributed by atoms with Crippen LogP contribution in [0.4, 0.5) is 0 Å². The molecule has 1 aromatic carbocycles. The Kier molecular flexibility index (Phi) is 4.80. The summed E-state index contributed by atoms with van der Waals surface area (Å²) in [6.07, 6.45) is 3.08. The molecule has 3 atom stereocenters. The lowest BCUT2D eigenvalue weighted by Crippen LogP contribution is -2.38. The van der Waals surface area contributed by atoms with Crippen molar-refractivity contribution >= 4 is 0 Å². The van der Waals surface area contributed by atoms with Gasteiger partial charge in [-0.25, -0.2) is 10.9 Å². The predicted molar refractivity (Wildman–Crippen MR) is 94.4 cm³/mol. The lowest BCUT2D eigenvalue weighted by atomic mass is 9.90. The molecule has 134 valence electrons. The number of hydrogen-bond donors (Lipinski definition) is 3. The molecule has 0 saturated carbocycles. The normalized spacial score (nSPS) is 28.5. The molecule has 0 spiro atoms. The molecule has 0 aliphatic carbocycles. The van der Waals surface area contributed by atoms with Crippen molar-refractivity contribution in [2.24, 2.45) is 11.7 Å². The zero-order valence-electron chi connectivity index (χ0n) is 14.6. The van der Waals surface area contributed by atoms with Crippen molar-refractivity contribution in [3.8, 4) is 0 Å². The van der Waals surface area contributed by atoms with Gasteiger partial charge in [0.15, 0.2) is 5.82 Å². The number of nitrogens with two attached hydrogens (primary N) is 1. The van der Waals surface area contributed by atoms with Crippen LogP contribution in [0.15, 0.2) is 34.9 Å². The Bertz CT molecular complexity index is 682. The van der Waals surface area contributed by atoms with Crippen molar-refractivity contribution in [2.75, 3.05) is 20.1 Å². The summed E-state index contributed by atoms with van der Waals surface area (Å²) in [6.45, 7) is 2.29. The molecule has 0 radical (unpaired) electrons. The quantitative estimate of drug-likeness (QED) is 0.768. The summed E-state index contributed by atoms with van der Waals surface area (Å²) >= 11 is 0. The third kappa shape index (κ3) is 3.59. The van der Waals surface area contributed by atoms with Gasteiger partial charge < -0.3 is 15.2 Å². The van der Waals surface area contributed by atoms with Crippen molar-refractivity contribution < 1.29 is 4.52 Å². The molecule has 4 rings (SSSR count). The summed E-state index contributed by atoms with van der Waals surface area (Å²) in [5.41, 5.74) is 13.7. The van der Waals surface area contributed by atoms with Crippen LogP contribution in [0.25, 0.3) is 0 Å². The standard InChI is InChI=1S/C18H26N6O/c1-24-9-7-12(8-10-24)11-14-20-18(25-23-14)16-15(17(19)22-21-16)13-5-3-2-4-6-13/h2-6,12,15-17,21-22H,7-11,19H2,1H3. The van der Waals surface area contributed by atoms with Gasteiger partial charge in [-0.2, -0.15) is 4.98 Å². The van der Waals surface area contributed by atoms with Crippen LogP contribution >= 0.6 is 0 Å². The highest BCUT2D eigenvalue weighted by atomic mass is 16.5. The van der Waals surface area contributed by atoms with Gasteiger partial charge >= 0.3 is 0 Å². The Labute approximate surface area is 147 Å². The zero-order chi connectivity index (χ0) is 17.2. The van der Waals surface area contributed by atoms with Gasteiger partial charge in [-0.1, -0.05) is 35.5 Å². The average molecular weight is 342 g/mol. The minimum Gasteiger partial charge on any atom is -0.338 e. The summed E-state index contributed by atoms with van der Waals surface area (Å²) in [7, 11) is 2.17. The lowest BCUT2D eigenvalue weighted by Gasteiger charge is -2.28. The Hall–Kier alpha value is -1.80. The summed E-state index contributed by atoms with van der Waals surface area (Å²) in [4.78, 5) is 7.04. The van der Waals surface area contributed by atoms with Gasteiger partial charge in [-0.15, -0.1) is 0 Å². The maximum atomic E-state index is 6.24. The number of hydrogen-bond acceptors (Lipinski definition) is 7. The number of piperidine rings is 1. The van der Waals surface area contributed by atoms with Crippen LogP contribution in [-0.4, -0.2) is 41.3 Å². The maximum absolute atomic E-state index is 6.24. The smallest absolute Gasteiger partial charge is 0.245 e. The largest absolute Gasteiger partial charge is 0.338 e. The highest BCUT2D eigenvalue weighted by molar-refractivity contribution is 5.25. The molecule has 2 aromatic rings. The average Bonchev–Trinajstić information content (AvgIpc) is 3.24. The molecular formula is C18H26N6O. The summed E-state index contributed by atoms with van der Waals surface area (Å²) in [5.74, 6) is 2.11. The van der Waals surface area contributed by atoms with E-state index >= 15 is 0 Å². The van der Waals surface area contributed by atoms with Crippen LogP contribution in [-0.2, 0) is 6.42 Å². The monoisotopic (exact) mass is 342 g/mol. The Morgan fingerprint density at radius 1 is 1.20 bits per heavy atom. The molecule has 7 nitrogen and oxygen atoms in total. The Morgan fingerprint density at radius 2 is 1.96 bits per heavy atom. The van der Waals surface area contributed by atoms with E-state index in [4.69, 9.17) is 10.3 Å². The van der Waals surface area contributed by atoms with Crippen LogP contribution in [0, 0.1) is 5.92 Å². The number of aromatic nitrogens is 2. The van der Waals surface area contributed by atoms with Crippen LogP contribution in [0.3, 0.4) is 0 Å². The van der Waals surface area contributed by atoms with Gasteiger partial charge in [0.05, 0.1) is 6.17 Å². The number of likely N-dealkylation sites (tertiary alicyclic amines) is 1. The van der Waals surface area contributed by atoms with E-state index in [-0.39, 0.29) is 18.1 Å². The highest BCUT2D eigenvalue weighted by Crippen LogP contribution is 2.34. The topological polar surface area (TPSA) is 92.2 Å². The van der Waals surface area contributed by atoms with E-state index < -0.39 is 0 Å². The van der Waals surface area contributed by atoms with Gasteiger partial charge in [-0.3, -0.25) is 0 Å². The first-order valence-electron chi connectivity index (χ1n) is 9.03. The molecule has 7 heteroatoms. The molecular weight excluding hydrogens is 316 g/mol. The maximum Gasteiger partial charge on any atom is 0.245 e. The number of rotatable bonds is 4. The molecule has 2 saturated heterocycles. The number of hydrazine groups is 1. The van der Waals surface area contributed by atoms with Crippen LogP contribution in [0.5, 0.6) is 0 Å². The summed E-state index contributed by atoms with van der Waals surface area (Å²) < 4.78 is 5.58. The van der Waals surface area contributed by atoms with E-state index in [9.17, 15) is 0 Å². The first kappa shape index (κ1) is 16.7. The van der Waals surface area contributed by atoms with E-state index in [0.29, 0.717) is 11.8 Å². The minimum atomic E-state index is -0.198. The lowest BCUT2D eigenvalue weighted by molar-refractivity contribution is 0.216. The second-order valence-electron chi connectivity index (χ2n) is 7.23. The fraction of sp³-hybridized carbons (Fsp3) is 0.556. The van der Waals surface area contributed by atoms with Crippen LogP contribution in [0.2, 0.25) is 0 Å². The fourth-order valence-electron chi connectivity index (χ4n) is 3.86. The van der Waals surface area contributed by atoms with Crippen LogP contribution < -0.4 is 16.6 Å². The van der Waals surface area contributed by atoms with Gasteiger partial charge in [0.1, 0.15) is 6.04 Å². The third-order valence-electron chi connectivity index (χ3n) is 5.40. The van der Waals surface area contributed by atoms with Crippen molar-refractivity contribution in [1.29, 1.82) is 0 Å². The minimum absolute atomic E-state index is 0.0535. The molecule has 2 aliphatic rings. The SMILES string of the molecule is CN1CCC(Cc2noc(C3NNC(N)C3c3ccccc3)n2)CC1. The van der Waals surface area contributed by atoms with Crippen LogP contribution in [0.1, 0.15) is 42.1 Å². The van der Waals surface area contributed by atoms with Gasteiger partial charge in [0.25, 0.3) is 0 Å². The van der Waals surface area contributed by atoms with Crippen molar-refractivity contribution in [2.45, 2.75) is 37.4 Å². The first-order valence-corrected chi connectivity index (χ1v) is 9.03. The van der Waals surface area contributed by atoms with Crippen molar-refractivity contribution in [1.82, 2.24) is 25.9 Å². The van der Waals surface area contributed by atoms with Gasteiger partial charge in [0, 0.05) is 12.3 Å². The Morgan fingerprint density at radius 3 is 2.72 bits per heavy atom. The first-order chi connectivity index (χ1) is 12.2. The molecule has 0 amide bonds. The number of benzene rings is 1. The predicted octanol–water partition coefficient (Wildman–Crippen LogP) is 1.17. The van der Waals surface area contributed by atoms with Gasteiger partial charge in [0.2, 0.25) is 5.89 Å². The molecule has 25 heavy (non-hydrogen) atoms. The molecule has 0 bridgehead atoms. The van der Waals surface area contributed by atoms with E-state index in [2.05, 4.69) is 45.1 Å². The molecule has 2 aliphatic heterocycles. The number of nitrogens with zero attached hydrogens (tertiary/aromatic N) is 3. The molecule has 3 heterocycles. The van der Waals surface area contributed by atoms with Crippen molar-refractivity contribution in [3.63, 3.8) is 0 Å². The third-order valence-corrected chi connectivity index (χ3v) is 5.40. The summed E-state index contributed by atoms with van der Waals surface area (Å²) in [5, 5.41) is 4.22. The van der Waals surface area contributed by atoms with Crippen molar-refractivity contribution in [3.05, 3.63) is 47.6 Å². The number of nitrogens with one attached hydrogen (secondary N) is 2. The molecule has 1 aromatic heterocycles. The molecule has 2 fully saturated rings. The second-order valence-corrected chi connectivity index (χ2v) is 7.23. The fourth-order valence-corrected chi connectivity index (χ4v) is 3.86. The molecule has 4 N–H and O–H groups in total. The Balaban J connectivity index is 1.47.